The Bertz CT molecular complexity index is 1070. The molecule has 2 aromatic carbocycles. The van der Waals surface area contributed by atoms with Crippen LogP contribution in [0, 0.1) is 6.57 Å². The number of methoxy groups -OCH3 is 1. The number of anilines is 1. The van der Waals surface area contributed by atoms with Crippen LogP contribution in [0.1, 0.15) is 0 Å². The summed E-state index contributed by atoms with van der Waals surface area (Å²) < 4.78 is 32.9. The maximum absolute atomic E-state index is 12.6. The van der Waals surface area contributed by atoms with Gasteiger partial charge in [-0.15, -0.1) is 0 Å². The molecule has 3 aromatic rings. The summed E-state index contributed by atoms with van der Waals surface area (Å²) >= 11 is 6.10. The number of rotatable bonds is 4. The summed E-state index contributed by atoms with van der Waals surface area (Å²) in [5.41, 5.74) is 1.10. The van der Waals surface area contributed by atoms with Gasteiger partial charge in [0.25, 0.3) is 10.0 Å². The van der Waals surface area contributed by atoms with Gasteiger partial charge in [-0.25, -0.2) is 13.3 Å². The molecule has 0 unspecified atom stereocenters. The molecule has 8 heteroatoms. The van der Waals surface area contributed by atoms with Crippen molar-refractivity contribution in [2.75, 3.05) is 11.8 Å². The monoisotopic (exact) mass is 361 g/mol. The largest absolute Gasteiger partial charge is 0.497 e. The summed E-state index contributed by atoms with van der Waals surface area (Å²) in [6.07, 6.45) is 1.57. The summed E-state index contributed by atoms with van der Waals surface area (Å²) in [6, 6.07) is 9.08. The Labute approximate surface area is 143 Å². The third-order valence-corrected chi connectivity index (χ3v) is 5.13. The minimum Gasteiger partial charge on any atom is -0.497 e. The zero-order chi connectivity index (χ0) is 17.3. The molecule has 1 heterocycles. The number of sulfonamides is 1. The van der Waals surface area contributed by atoms with Gasteiger partial charge in [-0.2, -0.15) is 0 Å². The first-order valence-corrected chi connectivity index (χ1v) is 8.65. The average molecular weight is 362 g/mol. The van der Waals surface area contributed by atoms with Crippen LogP contribution in [-0.4, -0.2) is 20.5 Å². The summed E-state index contributed by atoms with van der Waals surface area (Å²) in [5, 5.41) is 1.10. The van der Waals surface area contributed by atoms with Gasteiger partial charge >= 0.3 is 0 Å². The first-order chi connectivity index (χ1) is 11.4. The van der Waals surface area contributed by atoms with Gasteiger partial charge < -0.3 is 9.72 Å². The molecule has 0 radical (unpaired) electrons. The zero-order valence-electron chi connectivity index (χ0n) is 12.5. The number of aromatic nitrogens is 1. The van der Waals surface area contributed by atoms with Crippen molar-refractivity contribution in [3.63, 3.8) is 0 Å². The predicted octanol–water partition coefficient (Wildman–Crippen LogP) is 4.18. The molecule has 0 fully saturated rings. The highest BCUT2D eigenvalue weighted by atomic mass is 35.5. The molecule has 0 spiro atoms. The number of nitrogens with one attached hydrogen (secondary N) is 2. The lowest BCUT2D eigenvalue weighted by molar-refractivity contribution is 0.415. The number of fused-ring (bicyclic) bond motifs is 1. The fraction of sp³-hybridized carbons (Fsp3) is 0.0625. The van der Waals surface area contributed by atoms with Gasteiger partial charge in [0.1, 0.15) is 5.75 Å². The first-order valence-electron chi connectivity index (χ1n) is 6.79. The van der Waals surface area contributed by atoms with Crippen LogP contribution in [0.4, 0.5) is 11.4 Å². The lowest BCUT2D eigenvalue weighted by Crippen LogP contribution is -2.13. The van der Waals surface area contributed by atoms with Crippen molar-refractivity contribution in [3.8, 4) is 5.75 Å². The lowest BCUT2D eigenvalue weighted by atomic mass is 10.2. The average Bonchev–Trinajstić information content (AvgIpc) is 2.96. The molecular weight excluding hydrogens is 350 g/mol. The molecule has 1 aromatic heterocycles. The summed E-state index contributed by atoms with van der Waals surface area (Å²) in [7, 11) is -2.38. The summed E-state index contributed by atoms with van der Waals surface area (Å²) in [6.45, 7) is 7.00. The molecule has 2 N–H and O–H groups in total. The van der Waals surface area contributed by atoms with Crippen LogP contribution in [0.15, 0.2) is 47.5 Å². The van der Waals surface area contributed by atoms with Crippen LogP contribution in [0.2, 0.25) is 5.02 Å². The molecular formula is C16H12ClN3O3S. The second-order valence-corrected chi connectivity index (χ2v) is 7.04. The van der Waals surface area contributed by atoms with Crippen molar-refractivity contribution >= 4 is 43.9 Å². The molecule has 6 nitrogen and oxygen atoms in total. The first kappa shape index (κ1) is 16.2. The molecule has 0 saturated carbocycles. The number of aromatic amines is 1. The minimum atomic E-state index is -3.87. The van der Waals surface area contributed by atoms with E-state index in [0.717, 1.165) is 0 Å². The number of hydrogen-bond donors (Lipinski definition) is 2. The molecule has 0 saturated heterocycles. The van der Waals surface area contributed by atoms with Crippen molar-refractivity contribution in [2.24, 2.45) is 0 Å². The van der Waals surface area contributed by atoms with Gasteiger partial charge in [-0.05, 0) is 18.2 Å². The van der Waals surface area contributed by atoms with Crippen molar-refractivity contribution in [3.05, 3.63) is 59.0 Å². The van der Waals surface area contributed by atoms with Gasteiger partial charge in [0.05, 0.1) is 34.8 Å². The van der Waals surface area contributed by atoms with E-state index in [-0.39, 0.29) is 10.6 Å². The maximum Gasteiger partial charge on any atom is 0.260 e. The molecule has 0 aliphatic carbocycles. The molecule has 0 amide bonds. The van der Waals surface area contributed by atoms with Gasteiger partial charge in [0.2, 0.25) is 0 Å². The number of benzene rings is 2. The van der Waals surface area contributed by atoms with Gasteiger partial charge in [0.15, 0.2) is 5.69 Å². The second-order valence-electron chi connectivity index (χ2n) is 4.95. The standard InChI is InChI=1S/C16H12ClN3O3S/c1-18-10-4-3-5-12(6-10)24(21,22)20-15-8-11(23-2)7-13-14(17)9-19-16(13)15/h3-9,19-20H,2H3. The molecule has 3 rings (SSSR count). The van der Waals surface area contributed by atoms with Crippen LogP contribution in [-0.2, 0) is 10.0 Å². The van der Waals surface area contributed by atoms with E-state index in [9.17, 15) is 8.42 Å². The number of ether oxygens (including phenoxy) is 1. The molecule has 0 bridgehead atoms. The number of halogens is 1. The Morgan fingerprint density at radius 3 is 2.79 bits per heavy atom. The normalized spacial score (nSPS) is 11.2. The van der Waals surface area contributed by atoms with E-state index in [1.165, 1.54) is 25.3 Å². The van der Waals surface area contributed by atoms with Crippen LogP contribution < -0.4 is 9.46 Å². The highest BCUT2D eigenvalue weighted by molar-refractivity contribution is 7.92. The fourth-order valence-electron chi connectivity index (χ4n) is 2.29. The molecule has 0 aliphatic rings. The Morgan fingerprint density at radius 2 is 2.08 bits per heavy atom. The Kier molecular flexibility index (Phi) is 4.09. The van der Waals surface area contributed by atoms with E-state index in [4.69, 9.17) is 22.9 Å². The van der Waals surface area contributed by atoms with E-state index in [1.54, 1.807) is 24.4 Å². The number of nitrogens with zero attached hydrogens (tertiary/aromatic N) is 1. The highest BCUT2D eigenvalue weighted by Crippen LogP contribution is 2.34. The minimum absolute atomic E-state index is 0.00428. The lowest BCUT2D eigenvalue weighted by Gasteiger charge is -2.11. The van der Waals surface area contributed by atoms with Crippen molar-refractivity contribution in [1.29, 1.82) is 0 Å². The van der Waals surface area contributed by atoms with Crippen molar-refractivity contribution < 1.29 is 13.2 Å². The van der Waals surface area contributed by atoms with Crippen LogP contribution in [0.3, 0.4) is 0 Å². The van der Waals surface area contributed by atoms with E-state index in [0.29, 0.717) is 27.4 Å². The zero-order valence-corrected chi connectivity index (χ0v) is 14.1. The molecule has 24 heavy (non-hydrogen) atoms. The molecule has 122 valence electrons. The Morgan fingerprint density at radius 1 is 1.29 bits per heavy atom. The summed E-state index contributed by atoms with van der Waals surface area (Å²) in [4.78, 5) is 6.19. The van der Waals surface area contributed by atoms with Crippen molar-refractivity contribution in [2.45, 2.75) is 4.90 Å². The SMILES string of the molecule is [C-]#[N+]c1cccc(S(=O)(=O)Nc2cc(OC)cc3c(Cl)c[nH]c23)c1. The Balaban J connectivity index is 2.10. The van der Waals surface area contributed by atoms with Crippen LogP contribution in [0.5, 0.6) is 5.75 Å². The molecule has 0 atom stereocenters. The van der Waals surface area contributed by atoms with Gasteiger partial charge in [-0.1, -0.05) is 23.7 Å². The smallest absolute Gasteiger partial charge is 0.260 e. The molecule has 0 aliphatic heterocycles. The fourth-order valence-corrected chi connectivity index (χ4v) is 3.60. The topological polar surface area (TPSA) is 75.6 Å². The van der Waals surface area contributed by atoms with Crippen molar-refractivity contribution in [1.82, 2.24) is 4.98 Å². The maximum atomic E-state index is 12.6. The predicted molar refractivity (Wildman–Crippen MR) is 93.4 cm³/mol. The summed E-state index contributed by atoms with van der Waals surface area (Å²) in [5.74, 6) is 0.469. The highest BCUT2D eigenvalue weighted by Gasteiger charge is 2.18. The third-order valence-electron chi connectivity index (χ3n) is 3.45. The quantitative estimate of drug-likeness (QED) is 0.684. The van der Waals surface area contributed by atoms with Gasteiger partial charge in [0, 0.05) is 17.6 Å². The van der Waals surface area contributed by atoms with E-state index >= 15 is 0 Å². The second kappa shape index (κ2) is 6.07. The third kappa shape index (κ3) is 2.89. The van der Waals surface area contributed by atoms with Crippen LogP contribution >= 0.6 is 11.6 Å². The van der Waals surface area contributed by atoms with E-state index < -0.39 is 10.0 Å². The Hall–Kier alpha value is -2.69. The number of hydrogen-bond acceptors (Lipinski definition) is 3. The van der Waals surface area contributed by atoms with E-state index in [1.807, 2.05) is 0 Å². The van der Waals surface area contributed by atoms with E-state index in [2.05, 4.69) is 14.6 Å². The van der Waals surface area contributed by atoms with Gasteiger partial charge in [-0.3, -0.25) is 4.72 Å². The van der Waals surface area contributed by atoms with Crippen LogP contribution in [0.25, 0.3) is 15.7 Å². The number of H-pyrrole nitrogens is 1.